The lowest BCUT2D eigenvalue weighted by molar-refractivity contribution is 0.413. The first kappa shape index (κ1) is 10.8. The van der Waals surface area contributed by atoms with Gasteiger partial charge < -0.3 is 10.5 Å². The molecule has 1 unspecified atom stereocenters. The largest absolute Gasteiger partial charge is 0.497 e. The van der Waals surface area contributed by atoms with Crippen LogP contribution in [0.25, 0.3) is 0 Å². The molecular formula is C12H16ClNO. The van der Waals surface area contributed by atoms with E-state index in [2.05, 4.69) is 6.92 Å². The first-order chi connectivity index (χ1) is 7.08. The summed E-state index contributed by atoms with van der Waals surface area (Å²) in [4.78, 5) is 0. The third-order valence-corrected chi connectivity index (χ3v) is 3.56. The van der Waals surface area contributed by atoms with Crippen LogP contribution in [0.2, 0.25) is 5.02 Å². The first-order valence-electron chi connectivity index (χ1n) is 5.19. The summed E-state index contributed by atoms with van der Waals surface area (Å²) in [6.45, 7) is 2.06. The molecule has 15 heavy (non-hydrogen) atoms. The summed E-state index contributed by atoms with van der Waals surface area (Å²) in [6.07, 6.45) is 2.29. The maximum atomic E-state index is 6.05. The van der Waals surface area contributed by atoms with Gasteiger partial charge in [-0.3, -0.25) is 0 Å². The average molecular weight is 226 g/mol. The monoisotopic (exact) mass is 225 g/mol. The van der Waals surface area contributed by atoms with Crippen LogP contribution in [0.15, 0.2) is 18.2 Å². The molecule has 1 aliphatic carbocycles. The Hall–Kier alpha value is -0.730. The summed E-state index contributed by atoms with van der Waals surface area (Å²) in [5, 5.41) is 0.719. The lowest BCUT2D eigenvalue weighted by Gasteiger charge is -2.20. The van der Waals surface area contributed by atoms with Gasteiger partial charge in [0.05, 0.1) is 7.11 Å². The Bertz CT molecular complexity index is 372. The van der Waals surface area contributed by atoms with Gasteiger partial charge >= 0.3 is 0 Å². The Balaban J connectivity index is 2.40. The van der Waals surface area contributed by atoms with E-state index in [4.69, 9.17) is 22.1 Å². The fraction of sp³-hybridized carbons (Fsp3) is 0.500. The van der Waals surface area contributed by atoms with E-state index < -0.39 is 0 Å². The van der Waals surface area contributed by atoms with E-state index in [-0.39, 0.29) is 11.5 Å². The quantitative estimate of drug-likeness (QED) is 0.859. The first-order valence-corrected chi connectivity index (χ1v) is 5.57. The minimum absolute atomic E-state index is 0.137. The van der Waals surface area contributed by atoms with Crippen molar-refractivity contribution in [2.45, 2.75) is 31.2 Å². The van der Waals surface area contributed by atoms with Crippen molar-refractivity contribution >= 4 is 11.6 Å². The molecule has 1 aromatic rings. The maximum Gasteiger partial charge on any atom is 0.120 e. The van der Waals surface area contributed by atoms with E-state index in [9.17, 15) is 0 Å². The van der Waals surface area contributed by atoms with Crippen LogP contribution in [0.1, 0.15) is 25.3 Å². The molecule has 1 aliphatic rings. The number of ether oxygens (including phenoxy) is 1. The van der Waals surface area contributed by atoms with Crippen LogP contribution in [0.5, 0.6) is 5.75 Å². The van der Waals surface area contributed by atoms with Crippen LogP contribution in [-0.4, -0.2) is 13.2 Å². The van der Waals surface area contributed by atoms with Gasteiger partial charge in [0.1, 0.15) is 5.75 Å². The molecule has 0 spiro atoms. The predicted octanol–water partition coefficient (Wildman–Crippen LogP) is 2.73. The number of hydrogen-bond acceptors (Lipinski definition) is 2. The fourth-order valence-electron chi connectivity index (χ4n) is 2.11. The molecule has 2 rings (SSSR count). The number of benzene rings is 1. The molecule has 0 heterocycles. The van der Waals surface area contributed by atoms with Crippen LogP contribution < -0.4 is 10.5 Å². The molecule has 82 valence electrons. The zero-order chi connectivity index (χ0) is 11.1. The van der Waals surface area contributed by atoms with E-state index in [1.807, 2.05) is 18.2 Å². The molecule has 2 N–H and O–H groups in total. The Labute approximate surface area is 95.4 Å². The van der Waals surface area contributed by atoms with E-state index >= 15 is 0 Å². The molecule has 0 radical (unpaired) electrons. The highest BCUT2D eigenvalue weighted by Crippen LogP contribution is 2.51. The third kappa shape index (κ3) is 1.84. The van der Waals surface area contributed by atoms with E-state index in [0.717, 1.165) is 23.6 Å². The molecular weight excluding hydrogens is 210 g/mol. The van der Waals surface area contributed by atoms with Crippen LogP contribution >= 0.6 is 11.6 Å². The molecule has 1 fully saturated rings. The van der Waals surface area contributed by atoms with Crippen LogP contribution in [0.3, 0.4) is 0 Å². The van der Waals surface area contributed by atoms with Gasteiger partial charge in [0, 0.05) is 16.5 Å². The van der Waals surface area contributed by atoms with Crippen molar-refractivity contribution in [1.82, 2.24) is 0 Å². The van der Waals surface area contributed by atoms with Gasteiger partial charge in [0.15, 0.2) is 0 Å². The van der Waals surface area contributed by atoms with Gasteiger partial charge in [-0.2, -0.15) is 0 Å². The lowest BCUT2D eigenvalue weighted by atomic mass is 9.89. The average Bonchev–Trinajstić information content (AvgIpc) is 2.97. The van der Waals surface area contributed by atoms with Crippen LogP contribution in [0, 0.1) is 0 Å². The number of rotatable bonds is 3. The number of nitrogens with two attached hydrogens (primary N) is 1. The normalized spacial score (nSPS) is 19.7. The zero-order valence-corrected chi connectivity index (χ0v) is 9.84. The molecule has 1 aromatic carbocycles. The second-order valence-electron chi connectivity index (χ2n) is 4.32. The molecule has 0 bridgehead atoms. The summed E-state index contributed by atoms with van der Waals surface area (Å²) >= 11 is 6.05. The van der Waals surface area contributed by atoms with Crippen molar-refractivity contribution in [3.05, 3.63) is 28.8 Å². The van der Waals surface area contributed by atoms with E-state index in [1.54, 1.807) is 7.11 Å². The molecule has 3 heteroatoms. The summed E-state index contributed by atoms with van der Waals surface area (Å²) in [6, 6.07) is 6.03. The van der Waals surface area contributed by atoms with Crippen molar-refractivity contribution < 1.29 is 4.74 Å². The molecule has 0 amide bonds. The van der Waals surface area contributed by atoms with Gasteiger partial charge in [-0.25, -0.2) is 0 Å². The van der Waals surface area contributed by atoms with Crippen molar-refractivity contribution in [2.75, 3.05) is 7.11 Å². The Morgan fingerprint density at radius 1 is 1.40 bits per heavy atom. The molecule has 0 aromatic heterocycles. The minimum atomic E-state index is 0.137. The Morgan fingerprint density at radius 3 is 2.53 bits per heavy atom. The van der Waals surface area contributed by atoms with Gasteiger partial charge in [0.25, 0.3) is 0 Å². The standard InChI is InChI=1S/C12H16ClNO/c1-8(14)12(3-4-12)9-5-10(13)7-11(6-9)15-2/h5-8H,3-4,14H2,1-2H3. The molecule has 2 nitrogen and oxygen atoms in total. The number of methoxy groups -OCH3 is 1. The van der Waals surface area contributed by atoms with Gasteiger partial charge in [-0.15, -0.1) is 0 Å². The minimum Gasteiger partial charge on any atom is -0.497 e. The summed E-state index contributed by atoms with van der Waals surface area (Å²) < 4.78 is 5.21. The molecule has 0 aliphatic heterocycles. The highest BCUT2D eigenvalue weighted by molar-refractivity contribution is 6.30. The van der Waals surface area contributed by atoms with Crippen molar-refractivity contribution in [3.63, 3.8) is 0 Å². The van der Waals surface area contributed by atoms with Crippen molar-refractivity contribution in [3.8, 4) is 5.75 Å². The third-order valence-electron chi connectivity index (χ3n) is 3.34. The van der Waals surface area contributed by atoms with E-state index in [1.165, 1.54) is 5.56 Å². The van der Waals surface area contributed by atoms with Gasteiger partial charge in [-0.1, -0.05) is 11.6 Å². The maximum absolute atomic E-state index is 6.05. The molecule has 0 saturated heterocycles. The molecule has 1 saturated carbocycles. The fourth-order valence-corrected chi connectivity index (χ4v) is 2.33. The lowest BCUT2D eigenvalue weighted by Crippen LogP contribution is -2.31. The Morgan fingerprint density at radius 2 is 2.07 bits per heavy atom. The smallest absolute Gasteiger partial charge is 0.120 e. The summed E-state index contributed by atoms with van der Waals surface area (Å²) in [7, 11) is 1.65. The highest BCUT2D eigenvalue weighted by Gasteiger charge is 2.47. The number of hydrogen-bond donors (Lipinski definition) is 1. The highest BCUT2D eigenvalue weighted by atomic mass is 35.5. The topological polar surface area (TPSA) is 35.2 Å². The van der Waals surface area contributed by atoms with Gasteiger partial charge in [0.2, 0.25) is 0 Å². The van der Waals surface area contributed by atoms with Crippen molar-refractivity contribution in [1.29, 1.82) is 0 Å². The summed E-state index contributed by atoms with van der Waals surface area (Å²) in [5.41, 5.74) is 7.37. The zero-order valence-electron chi connectivity index (χ0n) is 9.09. The Kier molecular flexibility index (Phi) is 2.65. The number of halogens is 1. The van der Waals surface area contributed by atoms with Gasteiger partial charge in [-0.05, 0) is 43.5 Å². The summed E-state index contributed by atoms with van der Waals surface area (Å²) in [5.74, 6) is 0.810. The van der Waals surface area contributed by atoms with E-state index in [0.29, 0.717) is 0 Å². The van der Waals surface area contributed by atoms with Crippen molar-refractivity contribution in [2.24, 2.45) is 5.73 Å². The molecule has 1 atom stereocenters. The van der Waals surface area contributed by atoms with Crippen LogP contribution in [-0.2, 0) is 5.41 Å². The predicted molar refractivity (Wildman–Crippen MR) is 62.6 cm³/mol. The SMILES string of the molecule is COc1cc(Cl)cc(C2(C(C)N)CC2)c1. The second-order valence-corrected chi connectivity index (χ2v) is 4.76. The second kappa shape index (κ2) is 3.69. The van der Waals surface area contributed by atoms with Crippen LogP contribution in [0.4, 0.5) is 0 Å².